The SMILES string of the molecule is CC(N)Cc1cc(Br)ccc1Oc1cc(Cl)c(Cl)cc1Cl. The molecule has 0 aliphatic carbocycles. The van der Waals surface area contributed by atoms with E-state index in [1.165, 1.54) is 0 Å². The maximum atomic E-state index is 6.14. The Morgan fingerprint density at radius 2 is 1.71 bits per heavy atom. The fourth-order valence-corrected chi connectivity index (χ4v) is 2.84. The lowest BCUT2D eigenvalue weighted by Gasteiger charge is -2.14. The van der Waals surface area contributed by atoms with Gasteiger partial charge in [0, 0.05) is 16.6 Å². The summed E-state index contributed by atoms with van der Waals surface area (Å²) in [6, 6.07) is 8.91. The molecule has 2 N–H and O–H groups in total. The second kappa shape index (κ2) is 7.21. The van der Waals surface area contributed by atoms with E-state index < -0.39 is 0 Å². The number of ether oxygens (including phenoxy) is 1. The van der Waals surface area contributed by atoms with E-state index in [2.05, 4.69) is 15.9 Å². The predicted molar refractivity (Wildman–Crippen MR) is 93.0 cm³/mol. The largest absolute Gasteiger partial charge is 0.455 e. The molecule has 2 rings (SSSR count). The van der Waals surface area contributed by atoms with Gasteiger partial charge in [-0.15, -0.1) is 0 Å². The third kappa shape index (κ3) is 4.51. The number of hydrogen-bond donors (Lipinski definition) is 1. The molecule has 2 nitrogen and oxygen atoms in total. The number of hydrogen-bond acceptors (Lipinski definition) is 2. The molecule has 21 heavy (non-hydrogen) atoms. The van der Waals surface area contributed by atoms with Crippen molar-refractivity contribution in [1.82, 2.24) is 0 Å². The maximum absolute atomic E-state index is 6.14. The van der Waals surface area contributed by atoms with Gasteiger partial charge in [-0.1, -0.05) is 50.7 Å². The smallest absolute Gasteiger partial charge is 0.147 e. The van der Waals surface area contributed by atoms with Crippen LogP contribution < -0.4 is 10.5 Å². The highest BCUT2D eigenvalue weighted by Gasteiger charge is 2.12. The molecule has 0 spiro atoms. The Bertz CT molecular complexity index is 662. The number of halogens is 4. The molecule has 0 saturated carbocycles. The van der Waals surface area contributed by atoms with Crippen LogP contribution in [0.4, 0.5) is 0 Å². The molecule has 1 atom stereocenters. The van der Waals surface area contributed by atoms with E-state index in [0.717, 1.165) is 10.0 Å². The zero-order valence-electron chi connectivity index (χ0n) is 11.2. The van der Waals surface area contributed by atoms with Crippen LogP contribution in [0.5, 0.6) is 11.5 Å². The lowest BCUT2D eigenvalue weighted by atomic mass is 10.1. The number of rotatable bonds is 4. The van der Waals surface area contributed by atoms with Gasteiger partial charge in [-0.3, -0.25) is 0 Å². The lowest BCUT2D eigenvalue weighted by molar-refractivity contribution is 0.474. The van der Waals surface area contributed by atoms with Crippen LogP contribution in [0.1, 0.15) is 12.5 Å². The van der Waals surface area contributed by atoms with E-state index in [1.807, 2.05) is 25.1 Å². The first-order valence-electron chi connectivity index (χ1n) is 6.23. The average molecular weight is 410 g/mol. The molecule has 0 bridgehead atoms. The van der Waals surface area contributed by atoms with Crippen LogP contribution in [0.2, 0.25) is 15.1 Å². The van der Waals surface area contributed by atoms with E-state index >= 15 is 0 Å². The number of nitrogens with two attached hydrogens (primary N) is 1. The van der Waals surface area contributed by atoms with Crippen molar-refractivity contribution >= 4 is 50.7 Å². The van der Waals surface area contributed by atoms with Crippen molar-refractivity contribution in [2.45, 2.75) is 19.4 Å². The third-order valence-corrected chi connectivity index (χ3v) is 4.27. The minimum atomic E-state index is 0.0194. The van der Waals surface area contributed by atoms with Crippen molar-refractivity contribution in [3.63, 3.8) is 0 Å². The van der Waals surface area contributed by atoms with Crippen LogP contribution in [-0.2, 0) is 6.42 Å². The first kappa shape index (κ1) is 16.9. The summed E-state index contributed by atoms with van der Waals surface area (Å²) in [5.74, 6) is 1.15. The molecule has 2 aromatic rings. The van der Waals surface area contributed by atoms with Gasteiger partial charge >= 0.3 is 0 Å². The molecule has 2 aromatic carbocycles. The summed E-state index contributed by atoms with van der Waals surface area (Å²) < 4.78 is 6.84. The van der Waals surface area contributed by atoms with Crippen LogP contribution in [0.25, 0.3) is 0 Å². The standard InChI is InChI=1S/C15H13BrCl3NO/c1-8(20)4-9-5-10(16)2-3-14(9)21-15-7-12(18)11(17)6-13(15)19/h2-3,5-8H,4,20H2,1H3. The molecule has 0 aliphatic rings. The highest BCUT2D eigenvalue weighted by atomic mass is 79.9. The van der Waals surface area contributed by atoms with Crippen molar-refractivity contribution in [2.24, 2.45) is 5.73 Å². The van der Waals surface area contributed by atoms with Crippen LogP contribution in [0, 0.1) is 0 Å². The lowest BCUT2D eigenvalue weighted by Crippen LogP contribution is -2.18. The molecule has 0 amide bonds. The van der Waals surface area contributed by atoms with Gasteiger partial charge in [-0.25, -0.2) is 0 Å². The highest BCUT2D eigenvalue weighted by molar-refractivity contribution is 9.10. The minimum absolute atomic E-state index is 0.0194. The average Bonchev–Trinajstić information content (AvgIpc) is 2.38. The van der Waals surface area contributed by atoms with Gasteiger partial charge in [0.1, 0.15) is 11.5 Å². The fraction of sp³-hybridized carbons (Fsp3) is 0.200. The van der Waals surface area contributed by atoms with Crippen LogP contribution in [0.3, 0.4) is 0 Å². The molecule has 0 aliphatic heterocycles. The molecule has 1 unspecified atom stereocenters. The molecule has 0 fully saturated rings. The molecular formula is C15H13BrCl3NO. The Hall–Kier alpha value is -0.450. The summed E-state index contributed by atoms with van der Waals surface area (Å²) in [5.41, 5.74) is 6.86. The van der Waals surface area contributed by atoms with E-state index in [-0.39, 0.29) is 6.04 Å². The molecule has 112 valence electrons. The van der Waals surface area contributed by atoms with Gasteiger partial charge in [0.15, 0.2) is 0 Å². The van der Waals surface area contributed by atoms with Crippen LogP contribution >= 0.6 is 50.7 Å². The summed E-state index contributed by atoms with van der Waals surface area (Å²) in [6.45, 7) is 1.94. The predicted octanol–water partition coefficient (Wildman–Crippen LogP) is 6.09. The van der Waals surface area contributed by atoms with Crippen molar-refractivity contribution in [1.29, 1.82) is 0 Å². The fourth-order valence-electron chi connectivity index (χ4n) is 1.85. The third-order valence-electron chi connectivity index (χ3n) is 2.76. The van der Waals surface area contributed by atoms with Gasteiger partial charge in [-0.2, -0.15) is 0 Å². The summed E-state index contributed by atoms with van der Waals surface area (Å²) in [5, 5.41) is 1.18. The maximum Gasteiger partial charge on any atom is 0.147 e. The van der Waals surface area contributed by atoms with Crippen molar-refractivity contribution in [3.05, 3.63) is 55.4 Å². The highest BCUT2D eigenvalue weighted by Crippen LogP contribution is 2.37. The summed E-state index contributed by atoms with van der Waals surface area (Å²) in [7, 11) is 0. The molecule has 0 heterocycles. The van der Waals surface area contributed by atoms with Gasteiger partial charge in [-0.05, 0) is 43.2 Å². The second-order valence-electron chi connectivity index (χ2n) is 4.73. The first-order chi connectivity index (χ1) is 9.86. The van der Waals surface area contributed by atoms with Gasteiger partial charge in [0.05, 0.1) is 15.1 Å². The molecule has 0 radical (unpaired) electrons. The van der Waals surface area contributed by atoms with Crippen molar-refractivity contribution in [3.8, 4) is 11.5 Å². The van der Waals surface area contributed by atoms with E-state index in [4.69, 9.17) is 45.3 Å². The number of benzene rings is 2. The topological polar surface area (TPSA) is 35.2 Å². The summed E-state index contributed by atoms with van der Waals surface area (Å²) in [4.78, 5) is 0. The normalized spacial score (nSPS) is 12.3. The monoisotopic (exact) mass is 407 g/mol. The van der Waals surface area contributed by atoms with Gasteiger partial charge in [0.25, 0.3) is 0 Å². The van der Waals surface area contributed by atoms with Gasteiger partial charge < -0.3 is 10.5 Å². The van der Waals surface area contributed by atoms with Crippen molar-refractivity contribution in [2.75, 3.05) is 0 Å². The zero-order chi connectivity index (χ0) is 15.6. The Balaban J connectivity index is 2.37. The van der Waals surface area contributed by atoms with Gasteiger partial charge in [0.2, 0.25) is 0 Å². The minimum Gasteiger partial charge on any atom is -0.455 e. The Labute approximate surface area is 147 Å². The first-order valence-corrected chi connectivity index (χ1v) is 8.16. The van der Waals surface area contributed by atoms with Crippen LogP contribution in [0.15, 0.2) is 34.8 Å². The van der Waals surface area contributed by atoms with E-state index in [0.29, 0.717) is 33.0 Å². The zero-order valence-corrected chi connectivity index (χ0v) is 15.0. The Kier molecular flexibility index (Phi) is 5.81. The van der Waals surface area contributed by atoms with E-state index in [9.17, 15) is 0 Å². The second-order valence-corrected chi connectivity index (χ2v) is 6.87. The summed E-state index contributed by atoms with van der Waals surface area (Å²) in [6.07, 6.45) is 0.688. The van der Waals surface area contributed by atoms with E-state index in [1.54, 1.807) is 12.1 Å². The molecular weight excluding hydrogens is 396 g/mol. The molecule has 0 aromatic heterocycles. The Morgan fingerprint density at radius 3 is 2.38 bits per heavy atom. The summed E-state index contributed by atoms with van der Waals surface area (Å²) >= 11 is 21.5. The molecule has 6 heteroatoms. The van der Waals surface area contributed by atoms with Crippen molar-refractivity contribution < 1.29 is 4.74 Å². The molecule has 0 saturated heterocycles. The quantitative estimate of drug-likeness (QED) is 0.620. The Morgan fingerprint density at radius 1 is 1.05 bits per heavy atom. The van der Waals surface area contributed by atoms with Crippen LogP contribution in [-0.4, -0.2) is 6.04 Å².